The van der Waals surface area contributed by atoms with Gasteiger partial charge in [-0.2, -0.15) is 0 Å². The molecule has 3 aromatic rings. The Labute approximate surface area is 134 Å². The Morgan fingerprint density at radius 3 is 2.74 bits per heavy atom. The molecule has 3 nitrogen and oxygen atoms in total. The Morgan fingerprint density at radius 1 is 1.17 bits per heavy atom. The molecule has 0 saturated heterocycles. The van der Waals surface area contributed by atoms with E-state index >= 15 is 0 Å². The maximum absolute atomic E-state index is 13.6. The third-order valence-corrected chi connectivity index (χ3v) is 3.79. The third-order valence-electron chi connectivity index (χ3n) is 3.79. The lowest BCUT2D eigenvalue weighted by molar-refractivity contribution is 0.102. The first-order chi connectivity index (χ1) is 11.1. The summed E-state index contributed by atoms with van der Waals surface area (Å²) in [4.78, 5) is 17.1. The van der Waals surface area contributed by atoms with E-state index in [1.165, 1.54) is 12.1 Å². The predicted octanol–water partition coefficient (Wildman–Crippen LogP) is 4.50. The number of carbonyl (C=O) groups excluding carboxylic acids is 1. The average molecular weight is 308 g/mol. The fraction of sp³-hybridized carbons (Fsp3) is 0.158. The minimum atomic E-state index is -0.383. The summed E-state index contributed by atoms with van der Waals surface area (Å²) < 4.78 is 13.6. The summed E-state index contributed by atoms with van der Waals surface area (Å²) in [6.07, 6.45) is 0.821. The van der Waals surface area contributed by atoms with Crippen LogP contribution in [0, 0.1) is 12.7 Å². The van der Waals surface area contributed by atoms with E-state index < -0.39 is 0 Å². The summed E-state index contributed by atoms with van der Waals surface area (Å²) in [6.45, 7) is 3.85. The van der Waals surface area contributed by atoms with Gasteiger partial charge in [0.25, 0.3) is 5.91 Å². The van der Waals surface area contributed by atoms with Crippen LogP contribution in [0.2, 0.25) is 0 Å². The number of aromatic nitrogens is 1. The zero-order valence-electron chi connectivity index (χ0n) is 13.1. The van der Waals surface area contributed by atoms with Gasteiger partial charge in [0, 0.05) is 16.8 Å². The standard InChI is InChI=1S/C19H17FN2O/c1-3-13-6-4-5-7-17(13)22-19(23)16-10-12(2)21-18-9-8-14(20)11-15(16)18/h4-11H,3H2,1-2H3,(H,22,23). The molecule has 3 rings (SSSR count). The molecule has 0 saturated carbocycles. The molecule has 1 amide bonds. The zero-order valence-corrected chi connectivity index (χ0v) is 13.1. The van der Waals surface area contributed by atoms with E-state index in [9.17, 15) is 9.18 Å². The van der Waals surface area contributed by atoms with Crippen molar-refractivity contribution in [3.05, 3.63) is 71.2 Å². The maximum Gasteiger partial charge on any atom is 0.256 e. The Balaban J connectivity index is 2.05. The van der Waals surface area contributed by atoms with Crippen LogP contribution < -0.4 is 5.32 Å². The van der Waals surface area contributed by atoms with E-state index in [0.717, 1.165) is 23.4 Å². The van der Waals surface area contributed by atoms with Crippen molar-refractivity contribution in [1.82, 2.24) is 4.98 Å². The van der Waals surface area contributed by atoms with Gasteiger partial charge in [0.2, 0.25) is 0 Å². The highest BCUT2D eigenvalue weighted by Crippen LogP contribution is 2.22. The van der Waals surface area contributed by atoms with Gasteiger partial charge >= 0.3 is 0 Å². The number of nitrogens with zero attached hydrogens (tertiary/aromatic N) is 1. The fourth-order valence-electron chi connectivity index (χ4n) is 2.66. The fourth-order valence-corrected chi connectivity index (χ4v) is 2.66. The SMILES string of the molecule is CCc1ccccc1NC(=O)c1cc(C)nc2ccc(F)cc12. The number of halogens is 1. The molecule has 0 aliphatic carbocycles. The van der Waals surface area contributed by atoms with Crippen molar-refractivity contribution in [1.29, 1.82) is 0 Å². The molecule has 116 valence electrons. The highest BCUT2D eigenvalue weighted by atomic mass is 19.1. The van der Waals surface area contributed by atoms with Crippen LogP contribution in [0.5, 0.6) is 0 Å². The lowest BCUT2D eigenvalue weighted by Crippen LogP contribution is -2.14. The van der Waals surface area contributed by atoms with Crippen molar-refractivity contribution in [2.45, 2.75) is 20.3 Å². The summed E-state index contributed by atoms with van der Waals surface area (Å²) in [5, 5.41) is 3.44. The topological polar surface area (TPSA) is 42.0 Å². The van der Waals surface area contributed by atoms with Gasteiger partial charge in [0.05, 0.1) is 11.1 Å². The van der Waals surface area contributed by atoms with Crippen molar-refractivity contribution < 1.29 is 9.18 Å². The second-order valence-electron chi connectivity index (χ2n) is 5.44. The van der Waals surface area contributed by atoms with Gasteiger partial charge in [-0.1, -0.05) is 25.1 Å². The number of para-hydroxylation sites is 1. The second-order valence-corrected chi connectivity index (χ2v) is 5.44. The first kappa shape index (κ1) is 15.2. The van der Waals surface area contributed by atoms with E-state index in [1.807, 2.05) is 38.1 Å². The van der Waals surface area contributed by atoms with E-state index in [-0.39, 0.29) is 11.7 Å². The zero-order chi connectivity index (χ0) is 16.4. The number of hydrogen-bond donors (Lipinski definition) is 1. The number of hydrogen-bond acceptors (Lipinski definition) is 2. The van der Waals surface area contributed by atoms with Crippen LogP contribution in [0.3, 0.4) is 0 Å². The molecule has 0 aliphatic rings. The molecular formula is C19H17FN2O. The number of aryl methyl sites for hydroxylation is 2. The smallest absolute Gasteiger partial charge is 0.256 e. The molecule has 1 aromatic heterocycles. The summed E-state index contributed by atoms with van der Waals surface area (Å²) in [7, 11) is 0. The minimum Gasteiger partial charge on any atom is -0.322 e. The first-order valence-electron chi connectivity index (χ1n) is 7.54. The molecule has 0 aliphatic heterocycles. The van der Waals surface area contributed by atoms with E-state index in [0.29, 0.717) is 16.5 Å². The molecule has 0 spiro atoms. The van der Waals surface area contributed by atoms with Crippen LogP contribution in [-0.2, 0) is 6.42 Å². The van der Waals surface area contributed by atoms with Crippen molar-refractivity contribution >= 4 is 22.5 Å². The molecule has 0 unspecified atom stereocenters. The molecule has 0 atom stereocenters. The van der Waals surface area contributed by atoms with Crippen LogP contribution in [0.15, 0.2) is 48.5 Å². The molecule has 0 fully saturated rings. The molecule has 4 heteroatoms. The maximum atomic E-state index is 13.6. The van der Waals surface area contributed by atoms with Gasteiger partial charge in [-0.05, 0) is 49.2 Å². The minimum absolute atomic E-state index is 0.257. The van der Waals surface area contributed by atoms with Gasteiger partial charge in [0.1, 0.15) is 5.82 Å². The quantitative estimate of drug-likeness (QED) is 0.774. The van der Waals surface area contributed by atoms with Crippen LogP contribution in [0.1, 0.15) is 28.5 Å². The summed E-state index contributed by atoms with van der Waals surface area (Å²) >= 11 is 0. The van der Waals surface area contributed by atoms with Gasteiger partial charge in [-0.3, -0.25) is 9.78 Å². The third kappa shape index (κ3) is 3.06. The van der Waals surface area contributed by atoms with E-state index in [4.69, 9.17) is 0 Å². The number of carbonyl (C=O) groups is 1. The molecule has 0 radical (unpaired) electrons. The lowest BCUT2D eigenvalue weighted by Gasteiger charge is -2.12. The van der Waals surface area contributed by atoms with Gasteiger partial charge in [-0.25, -0.2) is 4.39 Å². The summed E-state index contributed by atoms with van der Waals surface area (Å²) in [6, 6.07) is 13.6. The molecular weight excluding hydrogens is 291 g/mol. The van der Waals surface area contributed by atoms with Crippen LogP contribution in [0.25, 0.3) is 10.9 Å². The van der Waals surface area contributed by atoms with Crippen molar-refractivity contribution in [2.24, 2.45) is 0 Å². The van der Waals surface area contributed by atoms with E-state index in [1.54, 1.807) is 12.1 Å². The lowest BCUT2D eigenvalue weighted by atomic mass is 10.1. The van der Waals surface area contributed by atoms with Crippen LogP contribution >= 0.6 is 0 Å². The monoisotopic (exact) mass is 308 g/mol. The Hall–Kier alpha value is -2.75. The highest BCUT2D eigenvalue weighted by Gasteiger charge is 2.14. The average Bonchev–Trinajstić information content (AvgIpc) is 2.55. The number of rotatable bonds is 3. The van der Waals surface area contributed by atoms with Crippen molar-refractivity contribution in [3.8, 4) is 0 Å². The van der Waals surface area contributed by atoms with Gasteiger partial charge in [-0.15, -0.1) is 0 Å². The van der Waals surface area contributed by atoms with Crippen molar-refractivity contribution in [2.75, 3.05) is 5.32 Å². The predicted molar refractivity (Wildman–Crippen MR) is 90.2 cm³/mol. The Kier molecular flexibility index (Phi) is 4.06. The van der Waals surface area contributed by atoms with Gasteiger partial charge < -0.3 is 5.32 Å². The largest absolute Gasteiger partial charge is 0.322 e. The summed E-state index contributed by atoms with van der Waals surface area (Å²) in [5.41, 5.74) is 3.59. The van der Waals surface area contributed by atoms with Crippen LogP contribution in [0.4, 0.5) is 10.1 Å². The number of anilines is 1. The number of amides is 1. The second kappa shape index (κ2) is 6.16. The number of fused-ring (bicyclic) bond motifs is 1. The first-order valence-corrected chi connectivity index (χ1v) is 7.54. The van der Waals surface area contributed by atoms with Crippen molar-refractivity contribution in [3.63, 3.8) is 0 Å². The summed E-state index contributed by atoms with van der Waals surface area (Å²) in [5.74, 6) is -0.641. The van der Waals surface area contributed by atoms with Crippen LogP contribution in [-0.4, -0.2) is 10.9 Å². The Morgan fingerprint density at radius 2 is 1.96 bits per heavy atom. The van der Waals surface area contributed by atoms with Gasteiger partial charge in [0.15, 0.2) is 0 Å². The van der Waals surface area contributed by atoms with E-state index in [2.05, 4.69) is 10.3 Å². The number of benzene rings is 2. The molecule has 1 heterocycles. The normalized spacial score (nSPS) is 10.7. The Bertz CT molecular complexity index is 890. The number of pyridine rings is 1. The highest BCUT2D eigenvalue weighted by molar-refractivity contribution is 6.12. The number of nitrogens with one attached hydrogen (secondary N) is 1. The molecule has 0 bridgehead atoms. The molecule has 23 heavy (non-hydrogen) atoms. The molecule has 2 aromatic carbocycles. The molecule has 1 N–H and O–H groups in total.